The van der Waals surface area contributed by atoms with Gasteiger partial charge in [-0.2, -0.15) is 9.61 Å². The summed E-state index contributed by atoms with van der Waals surface area (Å²) in [5, 5.41) is 5.38. The maximum Gasteiger partial charge on any atom is 0.275 e. The van der Waals surface area contributed by atoms with Gasteiger partial charge in [0.05, 0.1) is 6.54 Å². The topological polar surface area (TPSA) is 50.5 Å². The van der Waals surface area contributed by atoms with Crippen molar-refractivity contribution in [3.8, 4) is 0 Å². The van der Waals surface area contributed by atoms with E-state index in [1.807, 2.05) is 6.92 Å². The van der Waals surface area contributed by atoms with Crippen LogP contribution in [-0.4, -0.2) is 32.6 Å². The van der Waals surface area contributed by atoms with Crippen molar-refractivity contribution in [1.82, 2.24) is 19.5 Å². The molecule has 1 aliphatic heterocycles. The highest BCUT2D eigenvalue weighted by Gasteiger charge is 2.13. The highest BCUT2D eigenvalue weighted by Crippen LogP contribution is 2.16. The molecule has 1 aliphatic rings. The van der Waals surface area contributed by atoms with Crippen LogP contribution in [0.1, 0.15) is 36.4 Å². The van der Waals surface area contributed by atoms with E-state index in [2.05, 4.69) is 15.0 Å². The molecule has 0 radical (unpaired) electrons. The molecule has 6 heteroatoms. The molecule has 2 aromatic rings. The minimum absolute atomic E-state index is 0.0825. The van der Waals surface area contributed by atoms with Crippen molar-refractivity contribution in [2.24, 2.45) is 0 Å². The van der Waals surface area contributed by atoms with Gasteiger partial charge in [-0.3, -0.25) is 9.69 Å². The van der Waals surface area contributed by atoms with E-state index >= 15 is 0 Å². The maximum atomic E-state index is 11.8. The summed E-state index contributed by atoms with van der Waals surface area (Å²) in [5.74, 6) is 0. The van der Waals surface area contributed by atoms with Gasteiger partial charge in [-0.1, -0.05) is 24.2 Å². The van der Waals surface area contributed by atoms with Gasteiger partial charge in [0.15, 0.2) is 0 Å². The predicted octanol–water partition coefficient (Wildman–Crippen LogP) is 1.84. The first-order valence-electron chi connectivity index (χ1n) is 6.81. The number of hydrogen-bond donors (Lipinski definition) is 0. The summed E-state index contributed by atoms with van der Waals surface area (Å²) in [4.78, 5) is 19.3. The molecule has 0 amide bonds. The quantitative estimate of drug-likeness (QED) is 0.841. The summed E-state index contributed by atoms with van der Waals surface area (Å²) in [6, 6.07) is 1.53. The Bertz CT molecular complexity index is 625. The molecule has 0 atom stereocenters. The molecule has 3 heterocycles. The van der Waals surface area contributed by atoms with Gasteiger partial charge in [-0.05, 0) is 32.9 Å². The lowest BCUT2D eigenvalue weighted by molar-refractivity contribution is 0.275. The molecule has 1 saturated heterocycles. The second-order valence-electron chi connectivity index (χ2n) is 5.12. The van der Waals surface area contributed by atoms with Crippen LogP contribution in [0.2, 0.25) is 0 Å². The van der Waals surface area contributed by atoms with Gasteiger partial charge >= 0.3 is 0 Å². The largest absolute Gasteiger partial charge is 0.297 e. The normalized spacial score (nSPS) is 17.7. The summed E-state index contributed by atoms with van der Waals surface area (Å²) in [7, 11) is 0. The van der Waals surface area contributed by atoms with E-state index in [0.29, 0.717) is 4.96 Å². The molecule has 0 aliphatic carbocycles. The van der Waals surface area contributed by atoms with Crippen molar-refractivity contribution in [2.75, 3.05) is 13.1 Å². The van der Waals surface area contributed by atoms with Gasteiger partial charge in [0.2, 0.25) is 4.96 Å². The van der Waals surface area contributed by atoms with Crippen molar-refractivity contribution in [3.05, 3.63) is 27.1 Å². The SMILES string of the molecule is Cc1cc(=O)n2nc(CN3CCCCCC3)sc2n1. The molecule has 0 N–H and O–H groups in total. The van der Waals surface area contributed by atoms with Crippen LogP contribution < -0.4 is 5.56 Å². The van der Waals surface area contributed by atoms with E-state index in [4.69, 9.17) is 0 Å². The van der Waals surface area contributed by atoms with Gasteiger partial charge in [-0.25, -0.2) is 4.98 Å². The molecular weight excluding hydrogens is 260 g/mol. The van der Waals surface area contributed by atoms with Gasteiger partial charge in [0, 0.05) is 11.8 Å². The molecule has 102 valence electrons. The number of fused-ring (bicyclic) bond motifs is 1. The zero-order valence-corrected chi connectivity index (χ0v) is 11.9. The van der Waals surface area contributed by atoms with Gasteiger partial charge in [0.1, 0.15) is 5.01 Å². The lowest BCUT2D eigenvalue weighted by Gasteiger charge is -2.17. The molecule has 2 aromatic heterocycles. The van der Waals surface area contributed by atoms with Gasteiger partial charge in [0.25, 0.3) is 5.56 Å². The first-order valence-corrected chi connectivity index (χ1v) is 7.63. The van der Waals surface area contributed by atoms with Crippen LogP contribution in [0, 0.1) is 6.92 Å². The third kappa shape index (κ3) is 2.84. The van der Waals surface area contributed by atoms with Crippen molar-refractivity contribution < 1.29 is 0 Å². The molecule has 3 rings (SSSR count). The maximum absolute atomic E-state index is 11.8. The Morgan fingerprint density at radius 1 is 1.26 bits per heavy atom. The van der Waals surface area contributed by atoms with E-state index in [1.54, 1.807) is 0 Å². The second-order valence-corrected chi connectivity index (χ2v) is 6.16. The minimum Gasteiger partial charge on any atom is -0.297 e. The Balaban J connectivity index is 1.85. The smallest absolute Gasteiger partial charge is 0.275 e. The standard InChI is InChI=1S/C13H18N4OS/c1-10-8-12(18)17-13(14-10)19-11(15-17)9-16-6-4-2-3-5-7-16/h8H,2-7,9H2,1H3. The predicted molar refractivity (Wildman–Crippen MR) is 75.6 cm³/mol. The van der Waals surface area contributed by atoms with Gasteiger partial charge in [-0.15, -0.1) is 0 Å². The lowest BCUT2D eigenvalue weighted by atomic mass is 10.2. The average Bonchev–Trinajstić information content (AvgIpc) is 2.58. The van der Waals surface area contributed by atoms with E-state index in [9.17, 15) is 4.79 Å². The monoisotopic (exact) mass is 278 g/mol. The van der Waals surface area contributed by atoms with E-state index in [-0.39, 0.29) is 5.56 Å². The molecule has 0 unspecified atom stereocenters. The molecule has 0 bridgehead atoms. The summed E-state index contributed by atoms with van der Waals surface area (Å²) < 4.78 is 1.42. The van der Waals surface area contributed by atoms with Crippen LogP contribution >= 0.6 is 11.3 Å². The van der Waals surface area contributed by atoms with Crippen LogP contribution in [-0.2, 0) is 6.54 Å². The summed E-state index contributed by atoms with van der Waals surface area (Å²) in [5.41, 5.74) is 0.677. The van der Waals surface area contributed by atoms with Gasteiger partial charge < -0.3 is 0 Å². The van der Waals surface area contributed by atoms with Crippen LogP contribution in [0.4, 0.5) is 0 Å². The third-order valence-corrected chi connectivity index (χ3v) is 4.37. The highest BCUT2D eigenvalue weighted by molar-refractivity contribution is 7.16. The minimum atomic E-state index is -0.0825. The number of rotatable bonds is 2. The molecule has 5 nitrogen and oxygen atoms in total. The number of hydrogen-bond acceptors (Lipinski definition) is 5. The number of nitrogens with zero attached hydrogens (tertiary/aromatic N) is 4. The fourth-order valence-electron chi connectivity index (χ4n) is 2.51. The van der Waals surface area contributed by atoms with Crippen molar-refractivity contribution in [3.63, 3.8) is 0 Å². The summed E-state index contributed by atoms with van der Waals surface area (Å²) in [6.45, 7) is 4.96. The average molecular weight is 278 g/mol. The van der Waals surface area contributed by atoms with Crippen LogP contribution in [0.25, 0.3) is 4.96 Å². The van der Waals surface area contributed by atoms with Crippen LogP contribution in [0.15, 0.2) is 10.9 Å². The van der Waals surface area contributed by atoms with Crippen molar-refractivity contribution in [2.45, 2.75) is 39.2 Å². The zero-order chi connectivity index (χ0) is 13.2. The van der Waals surface area contributed by atoms with Crippen molar-refractivity contribution in [1.29, 1.82) is 0 Å². The molecule has 19 heavy (non-hydrogen) atoms. The molecule has 0 aromatic carbocycles. The Morgan fingerprint density at radius 2 is 2.00 bits per heavy atom. The summed E-state index contributed by atoms with van der Waals surface area (Å²) >= 11 is 1.53. The molecule has 1 fully saturated rings. The first-order chi connectivity index (χ1) is 9.22. The molecular formula is C13H18N4OS. The Morgan fingerprint density at radius 3 is 2.74 bits per heavy atom. The molecule has 0 saturated carbocycles. The fraction of sp³-hybridized carbons (Fsp3) is 0.615. The Hall–Kier alpha value is -1.27. The fourth-order valence-corrected chi connectivity index (χ4v) is 3.50. The highest BCUT2D eigenvalue weighted by atomic mass is 32.1. The number of aromatic nitrogens is 3. The summed E-state index contributed by atoms with van der Waals surface area (Å²) in [6.07, 6.45) is 5.19. The number of aryl methyl sites for hydroxylation is 1. The second kappa shape index (κ2) is 5.38. The Kier molecular flexibility index (Phi) is 3.61. The number of likely N-dealkylation sites (tertiary alicyclic amines) is 1. The van der Waals surface area contributed by atoms with E-state index in [0.717, 1.165) is 30.3 Å². The van der Waals surface area contributed by atoms with Crippen molar-refractivity contribution >= 4 is 16.3 Å². The first kappa shape index (κ1) is 12.7. The Labute approximate surface area is 115 Å². The lowest BCUT2D eigenvalue weighted by Crippen LogP contribution is -2.24. The van der Waals surface area contributed by atoms with Crippen LogP contribution in [0.5, 0.6) is 0 Å². The zero-order valence-electron chi connectivity index (χ0n) is 11.1. The van der Waals surface area contributed by atoms with E-state index < -0.39 is 0 Å². The third-order valence-electron chi connectivity index (χ3n) is 3.47. The molecule has 0 spiro atoms. The van der Waals surface area contributed by atoms with E-state index in [1.165, 1.54) is 47.6 Å². The van der Waals surface area contributed by atoms with Crippen LogP contribution in [0.3, 0.4) is 0 Å².